The van der Waals surface area contributed by atoms with Gasteiger partial charge in [-0.3, -0.25) is 0 Å². The van der Waals surface area contributed by atoms with Gasteiger partial charge in [-0.2, -0.15) is 0 Å². The number of carbonyl (C=O) groups is 4. The van der Waals surface area contributed by atoms with Gasteiger partial charge in [0.25, 0.3) is 0 Å². The molecule has 0 aliphatic carbocycles. The molecule has 0 aliphatic rings. The van der Waals surface area contributed by atoms with E-state index in [1.807, 2.05) is 13.8 Å². The Morgan fingerprint density at radius 1 is 0.786 bits per heavy atom. The molecule has 0 spiro atoms. The first kappa shape index (κ1) is 39.9. The van der Waals surface area contributed by atoms with Crippen LogP contribution in [0.15, 0.2) is 36.4 Å². The second kappa shape index (κ2) is 23.4. The van der Waals surface area contributed by atoms with Crippen molar-refractivity contribution in [2.24, 2.45) is 0 Å². The summed E-state index contributed by atoms with van der Waals surface area (Å²) in [6.07, 6.45) is 0. The molecular weight excluding hydrogens is 560 g/mol. The van der Waals surface area contributed by atoms with E-state index in [4.69, 9.17) is 19.8 Å². The molecule has 15 heteroatoms. The Labute approximate surface area is 242 Å². The van der Waals surface area contributed by atoms with E-state index in [0.717, 1.165) is 0 Å². The van der Waals surface area contributed by atoms with Crippen LogP contribution in [0.3, 0.4) is 0 Å². The van der Waals surface area contributed by atoms with Crippen molar-refractivity contribution in [2.75, 3.05) is 26.2 Å². The maximum absolute atomic E-state index is 11.5. The number of aliphatic carboxylic acids is 2. The lowest BCUT2D eigenvalue weighted by Crippen LogP contribution is -3.23. The largest absolute Gasteiger partial charge is 0.554 e. The molecule has 0 saturated heterocycles. The number of aliphatic hydroxyl groups is 3. The van der Waals surface area contributed by atoms with Crippen molar-refractivity contribution in [1.82, 2.24) is 0 Å². The fraction of sp³-hybridized carbons (Fsp3) is 0.407. The Balaban J connectivity index is 0. The summed E-state index contributed by atoms with van der Waals surface area (Å²) in [5.41, 5.74) is 1.86. The van der Waals surface area contributed by atoms with Crippen molar-refractivity contribution in [3.63, 3.8) is 0 Å². The summed E-state index contributed by atoms with van der Waals surface area (Å²) < 4.78 is 0. The molecule has 3 atom stereocenters. The lowest BCUT2D eigenvalue weighted by molar-refractivity contribution is -0.983. The zero-order chi connectivity index (χ0) is 32.7. The van der Waals surface area contributed by atoms with Crippen LogP contribution in [-0.2, 0) is 45.5 Å². The Kier molecular flexibility index (Phi) is 22.2. The number of phenolic OH excluding ortho intramolecular Hbond substituents is 2. The predicted octanol–water partition coefficient (Wildman–Crippen LogP) is -5.16. The zero-order valence-corrected chi connectivity index (χ0v) is 23.4. The molecule has 0 radical (unpaired) electrons. The lowest BCUT2D eigenvalue weighted by atomic mass is 10.1. The minimum atomic E-state index is -1.14. The second-order valence-electron chi connectivity index (χ2n) is 8.42. The van der Waals surface area contributed by atoms with E-state index >= 15 is 0 Å². The van der Waals surface area contributed by atoms with E-state index in [2.05, 4.69) is 0 Å². The van der Waals surface area contributed by atoms with Gasteiger partial charge in [-0.1, -0.05) is 26.0 Å². The average Bonchev–Trinajstić information content (AvgIpc) is 2.94. The highest BCUT2D eigenvalue weighted by Crippen LogP contribution is 2.19. The van der Waals surface area contributed by atoms with Crippen LogP contribution in [0, 0.1) is 0 Å². The van der Waals surface area contributed by atoms with Crippen molar-refractivity contribution in [2.45, 2.75) is 46.2 Å². The van der Waals surface area contributed by atoms with Crippen LogP contribution in [0.2, 0.25) is 0 Å². The summed E-state index contributed by atoms with van der Waals surface area (Å²) in [6.45, 7) is 1.47. The van der Waals surface area contributed by atoms with Crippen LogP contribution in [-0.4, -0.2) is 92.9 Å². The second-order valence-corrected chi connectivity index (χ2v) is 8.42. The molecule has 2 aromatic rings. The van der Waals surface area contributed by atoms with Crippen molar-refractivity contribution in [1.29, 1.82) is 0 Å². The highest BCUT2D eigenvalue weighted by atomic mass is 16.4. The molecule has 3 unspecified atom stereocenters. The topological polar surface area (TPSA) is 265 Å². The molecule has 0 aromatic heterocycles. The molecule has 0 saturated carbocycles. The number of aliphatic hydroxyl groups excluding tert-OH is 3. The van der Waals surface area contributed by atoms with Crippen LogP contribution >= 0.6 is 0 Å². The number of carboxylic acid groups (broad SMARTS) is 4. The molecule has 42 heavy (non-hydrogen) atoms. The highest BCUT2D eigenvalue weighted by Gasteiger charge is 2.31. The summed E-state index contributed by atoms with van der Waals surface area (Å²) in [5, 5.41) is 84.4. The van der Waals surface area contributed by atoms with E-state index in [1.165, 1.54) is 18.2 Å². The maximum atomic E-state index is 11.5. The average molecular weight is 601 g/mol. The first-order valence-electron chi connectivity index (χ1n) is 12.7. The van der Waals surface area contributed by atoms with E-state index in [1.54, 1.807) is 18.2 Å². The Bertz CT molecular complexity index is 1080. The standard InChI is InChI=1S/C23H30N2O9.C2H6.2CH2O2/c26-12-15-2-4-20(29)18(5-15)8-25(11-23(33)34)19(14-28)9-24(10-22(31)32)7-17-3-1-16(13-27)6-21(17)30;1-2;2*2-1-3/h1-6,19,26-30H,7-14H2,(H,31,32)(H,33,34);1-2H3;2*1H,(H,2,3). The molecule has 2 rings (SSSR count). The number of hydrogen-bond acceptors (Lipinski definition) is 11. The van der Waals surface area contributed by atoms with Crippen LogP contribution in [0.1, 0.15) is 36.1 Å². The normalized spacial score (nSPS) is 11.9. The zero-order valence-electron chi connectivity index (χ0n) is 23.4. The fourth-order valence-corrected chi connectivity index (χ4v) is 3.90. The van der Waals surface area contributed by atoms with Crippen LogP contribution in [0.25, 0.3) is 0 Å². The predicted molar refractivity (Wildman–Crippen MR) is 142 cm³/mol. The van der Waals surface area contributed by atoms with Crippen LogP contribution in [0.5, 0.6) is 11.5 Å². The summed E-state index contributed by atoms with van der Waals surface area (Å²) in [7, 11) is 0. The van der Waals surface area contributed by atoms with Gasteiger partial charge >= 0.3 is 11.9 Å². The Morgan fingerprint density at radius 2 is 1.29 bits per heavy atom. The van der Waals surface area contributed by atoms with Gasteiger partial charge in [0, 0.05) is 24.1 Å². The highest BCUT2D eigenvalue weighted by molar-refractivity contribution is 5.68. The number of carbonyl (C=O) groups excluding carboxylic acids is 2. The number of rotatable bonds is 14. The lowest BCUT2D eigenvalue weighted by Gasteiger charge is -2.29. The van der Waals surface area contributed by atoms with Gasteiger partial charge in [0.2, 0.25) is 0 Å². The van der Waals surface area contributed by atoms with Crippen molar-refractivity contribution < 1.29 is 74.9 Å². The van der Waals surface area contributed by atoms with Gasteiger partial charge in [-0.15, -0.1) is 0 Å². The van der Waals surface area contributed by atoms with E-state index in [9.17, 15) is 45.3 Å². The molecule has 15 nitrogen and oxygen atoms in total. The number of quaternary nitrogens is 2. The third-order valence-electron chi connectivity index (χ3n) is 5.63. The van der Waals surface area contributed by atoms with Gasteiger partial charge in [0.1, 0.15) is 37.7 Å². The quantitative estimate of drug-likeness (QED) is 0.0920. The molecule has 0 aliphatic heterocycles. The molecule has 0 bridgehead atoms. The third-order valence-corrected chi connectivity index (χ3v) is 5.63. The van der Waals surface area contributed by atoms with Gasteiger partial charge < -0.3 is 65.3 Å². The number of hydrogen-bond donors (Lipinski definition) is 9. The van der Waals surface area contributed by atoms with Crippen molar-refractivity contribution in [3.05, 3.63) is 58.7 Å². The molecule has 2 aromatic carbocycles. The smallest absolute Gasteiger partial charge is 0.359 e. The summed E-state index contributed by atoms with van der Waals surface area (Å²) in [5.74, 6) is -2.43. The van der Waals surface area contributed by atoms with Gasteiger partial charge in [-0.25, -0.2) is 9.59 Å². The molecule has 236 valence electrons. The summed E-state index contributed by atoms with van der Waals surface area (Å²) in [6, 6.07) is 8.35. The minimum absolute atomic E-state index is 0.0218. The van der Waals surface area contributed by atoms with Gasteiger partial charge in [0.15, 0.2) is 19.1 Å². The maximum Gasteiger partial charge on any atom is 0.359 e. The monoisotopic (exact) mass is 600 g/mol. The van der Waals surface area contributed by atoms with Crippen LogP contribution in [0.4, 0.5) is 0 Å². The Hall–Kier alpha value is -4.28. The van der Waals surface area contributed by atoms with E-state index in [-0.39, 0.29) is 50.9 Å². The fourth-order valence-electron chi connectivity index (χ4n) is 3.90. The van der Waals surface area contributed by atoms with Gasteiger partial charge in [-0.05, 0) is 35.4 Å². The van der Waals surface area contributed by atoms with Crippen molar-refractivity contribution in [3.8, 4) is 11.5 Å². The molecule has 9 N–H and O–H groups in total. The SMILES string of the molecule is CC.O=C(O)C[NH+](Cc1ccc(CO)cc1O)CC(CO)[NH+](CC(=O)O)Cc1cc(CO)ccc1O.O=C[O-].O=C[O-]. The first-order chi connectivity index (χ1) is 20.0. The molecular formula is C27H40N2O13. The number of carboxylic acids is 2. The van der Waals surface area contributed by atoms with Crippen molar-refractivity contribution >= 4 is 24.9 Å². The number of nitrogens with one attached hydrogen (secondary N) is 2. The molecule has 0 fully saturated rings. The third kappa shape index (κ3) is 16.1. The van der Waals surface area contributed by atoms with E-state index < -0.39 is 44.1 Å². The summed E-state index contributed by atoms with van der Waals surface area (Å²) >= 11 is 0. The van der Waals surface area contributed by atoms with Gasteiger partial charge in [0.05, 0.1) is 13.2 Å². The van der Waals surface area contributed by atoms with E-state index in [0.29, 0.717) is 32.1 Å². The molecule has 0 heterocycles. The number of aromatic hydroxyl groups is 2. The number of phenols is 2. The Morgan fingerprint density at radius 3 is 1.74 bits per heavy atom. The van der Waals surface area contributed by atoms with Crippen LogP contribution < -0.4 is 20.0 Å². The first-order valence-corrected chi connectivity index (χ1v) is 12.7. The summed E-state index contributed by atoms with van der Waals surface area (Å²) in [4.78, 5) is 40.4. The number of benzene rings is 2. The molecule has 0 amide bonds. The minimum Gasteiger partial charge on any atom is -0.554 e.